The lowest BCUT2D eigenvalue weighted by atomic mass is 10.1. The zero-order chi connectivity index (χ0) is 20.0. The van der Waals surface area contributed by atoms with Gasteiger partial charge >= 0.3 is 0 Å². The molecule has 0 fully saturated rings. The summed E-state index contributed by atoms with van der Waals surface area (Å²) in [5.41, 5.74) is 4.07. The molecule has 0 saturated heterocycles. The third-order valence-corrected chi connectivity index (χ3v) is 6.98. The molecule has 144 valence electrons. The summed E-state index contributed by atoms with van der Waals surface area (Å²) in [6.45, 7) is 0.433. The number of aliphatic imine (C=N–C) groups is 1. The maximum atomic E-state index is 13.1. The summed E-state index contributed by atoms with van der Waals surface area (Å²) >= 11 is 0. The number of hydrogen-bond donors (Lipinski definition) is 1. The molecule has 0 spiro atoms. The van der Waals surface area contributed by atoms with Gasteiger partial charge in [-0.1, -0.05) is 36.4 Å². The normalized spacial score (nSPS) is 16.6. The molecule has 3 aromatic rings. The number of para-hydroxylation sites is 2. The number of hydrogen-bond acceptors (Lipinski definition) is 4. The maximum Gasteiger partial charge on any atom is 0.275 e. The number of sulfonamides is 1. The van der Waals surface area contributed by atoms with Crippen LogP contribution in [0.15, 0.2) is 82.7 Å². The van der Waals surface area contributed by atoms with Gasteiger partial charge in [0.05, 0.1) is 22.0 Å². The summed E-state index contributed by atoms with van der Waals surface area (Å²) in [5.74, 6) is -0.267. The van der Waals surface area contributed by atoms with Crippen molar-refractivity contribution in [3.8, 4) is 0 Å². The van der Waals surface area contributed by atoms with Crippen LogP contribution in [0.25, 0.3) is 0 Å². The molecule has 0 saturated carbocycles. The molecule has 3 aromatic carbocycles. The number of rotatable bonds is 3. The van der Waals surface area contributed by atoms with Crippen molar-refractivity contribution in [3.05, 3.63) is 83.9 Å². The molecule has 1 amide bonds. The monoisotopic (exact) mass is 403 g/mol. The van der Waals surface area contributed by atoms with E-state index >= 15 is 0 Å². The van der Waals surface area contributed by atoms with E-state index < -0.39 is 10.0 Å². The van der Waals surface area contributed by atoms with E-state index in [-0.39, 0.29) is 10.8 Å². The summed E-state index contributed by atoms with van der Waals surface area (Å²) in [5, 5.41) is 2.78. The second-order valence-electron chi connectivity index (χ2n) is 6.91. The molecule has 7 heteroatoms. The van der Waals surface area contributed by atoms with Crippen LogP contribution in [0.3, 0.4) is 0 Å². The number of anilines is 2. The second kappa shape index (κ2) is 6.56. The summed E-state index contributed by atoms with van der Waals surface area (Å²) in [7, 11) is -3.65. The number of carbonyl (C=O) groups is 1. The third-order valence-electron chi connectivity index (χ3n) is 5.16. The minimum Gasteiger partial charge on any atom is -0.320 e. The molecule has 2 aliphatic rings. The van der Waals surface area contributed by atoms with Crippen molar-refractivity contribution in [3.63, 3.8) is 0 Å². The number of nitrogens with one attached hydrogen (secondary N) is 1. The molecule has 0 radical (unpaired) electrons. The van der Waals surface area contributed by atoms with E-state index in [0.717, 1.165) is 22.5 Å². The van der Waals surface area contributed by atoms with E-state index in [1.807, 2.05) is 48.5 Å². The lowest BCUT2D eigenvalue weighted by Gasteiger charge is -2.19. The second-order valence-corrected chi connectivity index (χ2v) is 8.77. The van der Waals surface area contributed by atoms with Crippen molar-refractivity contribution < 1.29 is 13.2 Å². The zero-order valence-electron chi connectivity index (χ0n) is 15.4. The highest BCUT2D eigenvalue weighted by Crippen LogP contribution is 2.33. The Morgan fingerprint density at radius 2 is 1.62 bits per heavy atom. The molecule has 0 unspecified atom stereocenters. The van der Waals surface area contributed by atoms with Gasteiger partial charge in [0.15, 0.2) is 0 Å². The van der Waals surface area contributed by atoms with E-state index in [9.17, 15) is 13.2 Å². The van der Waals surface area contributed by atoms with E-state index in [1.165, 1.54) is 16.4 Å². The molecule has 5 rings (SSSR count). The molecule has 0 aliphatic carbocycles. The van der Waals surface area contributed by atoms with Crippen LogP contribution in [-0.2, 0) is 21.2 Å². The summed E-state index contributed by atoms with van der Waals surface area (Å²) in [6, 6.07) is 21.2. The van der Waals surface area contributed by atoms with E-state index in [0.29, 0.717) is 24.4 Å². The molecular formula is C22H17N3O3S. The minimum absolute atomic E-state index is 0.203. The molecule has 2 heterocycles. The Labute approximate surface area is 168 Å². The van der Waals surface area contributed by atoms with Crippen molar-refractivity contribution in [2.24, 2.45) is 4.99 Å². The standard InChI is InChI=1S/C22H17N3O3S/c26-22-21(18-6-2-3-7-19(18)24-22)23-16-9-11-17(12-10-16)29(27,28)25-14-13-15-5-1-4-8-20(15)25/h1-12H,13-14H2,(H,23,24,26). The Morgan fingerprint density at radius 3 is 2.45 bits per heavy atom. The fraction of sp³-hybridized carbons (Fsp3) is 0.0909. The molecule has 1 N–H and O–H groups in total. The highest BCUT2D eigenvalue weighted by Gasteiger charge is 2.30. The Bertz CT molecular complexity index is 1260. The topological polar surface area (TPSA) is 78.8 Å². The largest absolute Gasteiger partial charge is 0.320 e. The van der Waals surface area contributed by atoms with Crippen molar-refractivity contribution in [1.82, 2.24) is 0 Å². The molecule has 0 aromatic heterocycles. The highest BCUT2D eigenvalue weighted by molar-refractivity contribution is 7.92. The molecule has 0 atom stereocenters. The van der Waals surface area contributed by atoms with Crippen molar-refractivity contribution >= 4 is 38.7 Å². The van der Waals surface area contributed by atoms with Gasteiger partial charge < -0.3 is 5.32 Å². The number of carbonyl (C=O) groups excluding carboxylic acids is 1. The van der Waals surface area contributed by atoms with Crippen LogP contribution in [0.4, 0.5) is 17.1 Å². The lowest BCUT2D eigenvalue weighted by molar-refractivity contribution is -0.110. The highest BCUT2D eigenvalue weighted by atomic mass is 32.2. The van der Waals surface area contributed by atoms with Gasteiger partial charge in [0.1, 0.15) is 5.71 Å². The quantitative estimate of drug-likeness (QED) is 0.727. The van der Waals surface area contributed by atoms with Crippen LogP contribution in [-0.4, -0.2) is 26.6 Å². The zero-order valence-corrected chi connectivity index (χ0v) is 16.2. The van der Waals surface area contributed by atoms with Gasteiger partial charge in [-0.05, 0) is 48.4 Å². The first kappa shape index (κ1) is 17.6. The van der Waals surface area contributed by atoms with Gasteiger partial charge in [-0.15, -0.1) is 0 Å². The van der Waals surface area contributed by atoms with Crippen molar-refractivity contribution in [2.75, 3.05) is 16.2 Å². The average Bonchev–Trinajstić information content (AvgIpc) is 3.30. The Kier molecular flexibility index (Phi) is 3.99. The number of benzene rings is 3. The molecule has 0 bridgehead atoms. The first-order chi connectivity index (χ1) is 14.0. The Balaban J connectivity index is 1.46. The van der Waals surface area contributed by atoms with Crippen molar-refractivity contribution in [1.29, 1.82) is 0 Å². The summed E-state index contributed by atoms with van der Waals surface area (Å²) in [6.07, 6.45) is 0.704. The first-order valence-corrected chi connectivity index (χ1v) is 10.7. The number of fused-ring (bicyclic) bond motifs is 2. The number of nitrogens with zero attached hydrogens (tertiary/aromatic N) is 2. The van der Waals surface area contributed by atoms with Crippen LogP contribution in [0.1, 0.15) is 11.1 Å². The predicted molar refractivity (Wildman–Crippen MR) is 112 cm³/mol. The van der Waals surface area contributed by atoms with Gasteiger partial charge in [-0.25, -0.2) is 13.4 Å². The predicted octanol–water partition coefficient (Wildman–Crippen LogP) is 3.51. The fourth-order valence-corrected chi connectivity index (χ4v) is 5.22. The maximum absolute atomic E-state index is 13.1. The van der Waals surface area contributed by atoms with Gasteiger partial charge in [-0.2, -0.15) is 0 Å². The summed E-state index contributed by atoms with van der Waals surface area (Å²) < 4.78 is 27.6. The third kappa shape index (κ3) is 2.91. The smallest absolute Gasteiger partial charge is 0.275 e. The molecular weight excluding hydrogens is 386 g/mol. The van der Waals surface area contributed by atoms with Gasteiger partial charge in [-0.3, -0.25) is 9.10 Å². The molecule has 2 aliphatic heterocycles. The summed E-state index contributed by atoms with van der Waals surface area (Å²) in [4.78, 5) is 16.8. The molecule has 6 nitrogen and oxygen atoms in total. The Morgan fingerprint density at radius 1 is 0.897 bits per heavy atom. The fourth-order valence-electron chi connectivity index (χ4n) is 3.72. The van der Waals surface area contributed by atoms with Crippen LogP contribution < -0.4 is 9.62 Å². The van der Waals surface area contributed by atoms with E-state index in [1.54, 1.807) is 12.1 Å². The van der Waals surface area contributed by atoms with Gasteiger partial charge in [0.2, 0.25) is 0 Å². The lowest BCUT2D eigenvalue weighted by Crippen LogP contribution is -2.29. The molecule has 29 heavy (non-hydrogen) atoms. The van der Waals surface area contributed by atoms with Gasteiger partial charge in [0, 0.05) is 12.1 Å². The first-order valence-electron chi connectivity index (χ1n) is 9.24. The SMILES string of the molecule is O=C1Nc2ccccc2C1=Nc1ccc(S(=O)(=O)N2CCc3ccccc32)cc1. The van der Waals surface area contributed by atoms with E-state index in [4.69, 9.17) is 0 Å². The average molecular weight is 403 g/mol. The minimum atomic E-state index is -3.65. The van der Waals surface area contributed by atoms with Crippen molar-refractivity contribution in [2.45, 2.75) is 11.3 Å². The van der Waals surface area contributed by atoms with Gasteiger partial charge in [0.25, 0.3) is 15.9 Å². The van der Waals surface area contributed by atoms with E-state index in [2.05, 4.69) is 10.3 Å². The number of amides is 1. The Hall–Kier alpha value is -3.45. The van der Waals surface area contributed by atoms with Crippen LogP contribution in [0.2, 0.25) is 0 Å². The van der Waals surface area contributed by atoms with Crippen LogP contribution in [0.5, 0.6) is 0 Å². The van der Waals surface area contributed by atoms with Crippen LogP contribution in [0, 0.1) is 0 Å². The van der Waals surface area contributed by atoms with Crippen LogP contribution >= 0.6 is 0 Å².